The van der Waals surface area contributed by atoms with Crippen LogP contribution in [0.25, 0.3) is 5.69 Å². The van der Waals surface area contributed by atoms with E-state index in [0.717, 1.165) is 12.1 Å². The van der Waals surface area contributed by atoms with Crippen LogP contribution in [0.4, 0.5) is 11.5 Å². The third kappa shape index (κ3) is 3.03. The number of ether oxygens (including phenoxy) is 1. The smallest absolute Gasteiger partial charge is 0.230 e. The molecule has 1 aromatic heterocycles. The number of nitrogens with one attached hydrogen (secondary N) is 1. The number of hydrogen-bond acceptors (Lipinski definition) is 5. The van der Waals surface area contributed by atoms with Crippen LogP contribution >= 0.6 is 0 Å². The molecule has 1 amide bonds. The van der Waals surface area contributed by atoms with Gasteiger partial charge in [0.15, 0.2) is 5.82 Å². The number of hydrogen-bond donors (Lipinski definition) is 2. The molecule has 2 heterocycles. The molecule has 7 heteroatoms. The lowest BCUT2D eigenvalue weighted by atomic mass is 10.0. The number of nitrogens with two attached hydrogens (primary N) is 1. The molecule has 0 aliphatic carbocycles. The van der Waals surface area contributed by atoms with E-state index in [2.05, 4.69) is 10.4 Å². The molecule has 1 fully saturated rings. The van der Waals surface area contributed by atoms with Gasteiger partial charge in [-0.3, -0.25) is 4.79 Å². The zero-order valence-electron chi connectivity index (χ0n) is 12.7. The summed E-state index contributed by atoms with van der Waals surface area (Å²) in [5.41, 5.74) is 7.44. The van der Waals surface area contributed by atoms with Crippen LogP contribution in [0.3, 0.4) is 0 Å². The van der Waals surface area contributed by atoms with E-state index in [-0.39, 0.29) is 23.7 Å². The van der Waals surface area contributed by atoms with Gasteiger partial charge in [0, 0.05) is 12.3 Å². The summed E-state index contributed by atoms with van der Waals surface area (Å²) in [6, 6.07) is 9.17. The average molecular weight is 311 g/mol. The quantitative estimate of drug-likeness (QED) is 0.897. The minimum Gasteiger partial charge on any atom is -0.381 e. The molecule has 118 valence electrons. The number of aromatic nitrogens is 2. The van der Waals surface area contributed by atoms with E-state index in [1.807, 2.05) is 13.0 Å². The van der Waals surface area contributed by atoms with Gasteiger partial charge in [0.2, 0.25) is 5.91 Å². The highest BCUT2D eigenvalue weighted by atomic mass is 16.5. The average Bonchev–Trinajstić information content (AvgIpc) is 3.13. The van der Waals surface area contributed by atoms with Gasteiger partial charge in [-0.1, -0.05) is 0 Å². The molecule has 7 nitrogen and oxygen atoms in total. The summed E-state index contributed by atoms with van der Waals surface area (Å²) in [4.78, 5) is 12.2. The van der Waals surface area contributed by atoms with Gasteiger partial charge in [-0.25, -0.2) is 4.68 Å². The monoisotopic (exact) mass is 311 g/mol. The molecule has 1 saturated heterocycles. The number of anilines is 2. The highest BCUT2D eigenvalue weighted by Gasteiger charge is 2.30. The molecule has 2 atom stereocenters. The fraction of sp³-hybridized carbons (Fsp3) is 0.312. The summed E-state index contributed by atoms with van der Waals surface area (Å²) >= 11 is 0. The Bertz CT molecular complexity index is 760. The number of amides is 1. The Balaban J connectivity index is 1.72. The van der Waals surface area contributed by atoms with Crippen molar-refractivity contribution in [3.05, 3.63) is 36.0 Å². The van der Waals surface area contributed by atoms with Gasteiger partial charge >= 0.3 is 0 Å². The van der Waals surface area contributed by atoms with E-state index >= 15 is 0 Å². The number of benzene rings is 1. The van der Waals surface area contributed by atoms with Crippen molar-refractivity contribution in [2.24, 2.45) is 5.92 Å². The fourth-order valence-electron chi connectivity index (χ4n) is 2.61. The first-order valence-electron chi connectivity index (χ1n) is 7.36. The molecule has 2 aromatic rings. The summed E-state index contributed by atoms with van der Waals surface area (Å²) in [6.45, 7) is 2.54. The maximum Gasteiger partial charge on any atom is 0.230 e. The third-order valence-corrected chi connectivity index (χ3v) is 3.98. The highest BCUT2D eigenvalue weighted by molar-refractivity contribution is 5.93. The van der Waals surface area contributed by atoms with Gasteiger partial charge in [-0.05, 0) is 37.6 Å². The first kappa shape index (κ1) is 15.1. The minimum atomic E-state index is -0.112. The second-order valence-electron chi connectivity index (χ2n) is 5.49. The highest BCUT2D eigenvalue weighted by Crippen LogP contribution is 2.23. The van der Waals surface area contributed by atoms with Crippen molar-refractivity contribution < 1.29 is 9.53 Å². The van der Waals surface area contributed by atoms with Crippen LogP contribution in [0.5, 0.6) is 0 Å². The van der Waals surface area contributed by atoms with Crippen LogP contribution in [0.15, 0.2) is 30.5 Å². The van der Waals surface area contributed by atoms with Crippen molar-refractivity contribution in [2.45, 2.75) is 19.4 Å². The summed E-state index contributed by atoms with van der Waals surface area (Å²) in [6.07, 6.45) is 2.26. The SMILES string of the molecule is C[C@H]1OCC[C@H]1C(=O)Nc1ccc(-n2cc(C#N)c(N)n2)cc1. The molecule has 3 rings (SSSR count). The molecule has 1 aromatic carbocycles. The largest absolute Gasteiger partial charge is 0.381 e. The van der Waals surface area contributed by atoms with Gasteiger partial charge in [0.1, 0.15) is 11.6 Å². The second kappa shape index (κ2) is 6.10. The zero-order valence-corrected chi connectivity index (χ0v) is 12.7. The molecule has 1 aliphatic heterocycles. The minimum absolute atomic E-state index is 0.0298. The first-order valence-corrected chi connectivity index (χ1v) is 7.36. The van der Waals surface area contributed by atoms with Gasteiger partial charge < -0.3 is 15.8 Å². The molecule has 0 saturated carbocycles. The van der Waals surface area contributed by atoms with Crippen molar-refractivity contribution in [1.82, 2.24) is 9.78 Å². The molecule has 0 spiro atoms. The Morgan fingerprint density at radius 1 is 1.48 bits per heavy atom. The Hall–Kier alpha value is -2.85. The third-order valence-electron chi connectivity index (χ3n) is 3.98. The normalized spacial score (nSPS) is 20.2. The number of nitriles is 1. The van der Waals surface area contributed by atoms with E-state index in [4.69, 9.17) is 15.7 Å². The zero-order chi connectivity index (χ0) is 16.4. The Kier molecular flexibility index (Phi) is 4.00. The van der Waals surface area contributed by atoms with Gasteiger partial charge in [-0.15, -0.1) is 5.10 Å². The van der Waals surface area contributed by atoms with Crippen LogP contribution < -0.4 is 11.1 Å². The summed E-state index contributed by atoms with van der Waals surface area (Å²) in [5.74, 6) is 0.0525. The Morgan fingerprint density at radius 2 is 2.22 bits per heavy atom. The maximum absolute atomic E-state index is 12.2. The standard InChI is InChI=1S/C16H17N5O2/c1-10-14(6-7-23-10)16(22)19-12-2-4-13(5-3-12)21-9-11(8-17)15(18)20-21/h2-5,9-10,14H,6-7H2,1H3,(H2,18,20)(H,19,22)/t10-,14-/m1/s1. The van der Waals surface area contributed by atoms with Crippen LogP contribution in [-0.4, -0.2) is 28.4 Å². The van der Waals surface area contributed by atoms with Crippen molar-refractivity contribution in [2.75, 3.05) is 17.7 Å². The van der Waals surface area contributed by atoms with Crippen molar-refractivity contribution in [1.29, 1.82) is 5.26 Å². The van der Waals surface area contributed by atoms with Crippen LogP contribution in [0.2, 0.25) is 0 Å². The first-order chi connectivity index (χ1) is 11.1. The van der Waals surface area contributed by atoms with Crippen LogP contribution in [-0.2, 0) is 9.53 Å². The Labute approximate surface area is 133 Å². The molecular formula is C16H17N5O2. The van der Waals surface area contributed by atoms with E-state index in [1.54, 1.807) is 30.5 Å². The second-order valence-corrected chi connectivity index (χ2v) is 5.49. The van der Waals surface area contributed by atoms with Crippen LogP contribution in [0.1, 0.15) is 18.9 Å². The lowest BCUT2D eigenvalue weighted by Gasteiger charge is -2.14. The number of nitrogens with zero attached hydrogens (tertiary/aromatic N) is 3. The van der Waals surface area contributed by atoms with Crippen molar-refractivity contribution >= 4 is 17.4 Å². The van der Waals surface area contributed by atoms with E-state index < -0.39 is 0 Å². The fourth-order valence-corrected chi connectivity index (χ4v) is 2.61. The lowest BCUT2D eigenvalue weighted by Crippen LogP contribution is -2.27. The van der Waals surface area contributed by atoms with E-state index in [9.17, 15) is 4.79 Å². The number of nitrogen functional groups attached to an aromatic ring is 1. The van der Waals surface area contributed by atoms with Gasteiger partial charge in [0.25, 0.3) is 0 Å². The van der Waals surface area contributed by atoms with Crippen molar-refractivity contribution in [3.63, 3.8) is 0 Å². The molecule has 0 bridgehead atoms. The molecular weight excluding hydrogens is 294 g/mol. The lowest BCUT2D eigenvalue weighted by molar-refractivity contribution is -0.121. The predicted octanol–water partition coefficient (Wildman–Crippen LogP) is 1.69. The molecule has 0 radical (unpaired) electrons. The topological polar surface area (TPSA) is 106 Å². The summed E-state index contributed by atoms with van der Waals surface area (Å²) < 4.78 is 6.95. The molecule has 3 N–H and O–H groups in total. The molecule has 23 heavy (non-hydrogen) atoms. The molecule has 1 aliphatic rings. The van der Waals surface area contributed by atoms with Crippen LogP contribution in [0, 0.1) is 17.2 Å². The summed E-state index contributed by atoms with van der Waals surface area (Å²) in [5, 5.41) is 15.9. The van der Waals surface area contributed by atoms with Gasteiger partial charge in [-0.2, -0.15) is 5.26 Å². The van der Waals surface area contributed by atoms with Gasteiger partial charge in [0.05, 0.1) is 23.9 Å². The number of rotatable bonds is 3. The van der Waals surface area contributed by atoms with E-state index in [0.29, 0.717) is 17.9 Å². The predicted molar refractivity (Wildman–Crippen MR) is 84.8 cm³/mol. The summed E-state index contributed by atoms with van der Waals surface area (Å²) in [7, 11) is 0. The number of carbonyl (C=O) groups excluding carboxylic acids is 1. The Morgan fingerprint density at radius 3 is 2.78 bits per heavy atom. The van der Waals surface area contributed by atoms with E-state index in [1.165, 1.54) is 4.68 Å². The maximum atomic E-state index is 12.2. The molecule has 0 unspecified atom stereocenters. The number of carbonyl (C=O) groups is 1. The van der Waals surface area contributed by atoms with Crippen molar-refractivity contribution in [3.8, 4) is 11.8 Å².